The summed E-state index contributed by atoms with van der Waals surface area (Å²) in [6.07, 6.45) is 3.11. The Balaban J connectivity index is 0.000000325. The summed E-state index contributed by atoms with van der Waals surface area (Å²) < 4.78 is 4.55. The van der Waals surface area contributed by atoms with E-state index in [-0.39, 0.29) is 5.60 Å². The molecule has 100 valence electrons. The third-order valence-electron chi connectivity index (χ3n) is 2.26. The first-order valence-electron chi connectivity index (χ1n) is 6.15. The predicted octanol–water partition coefficient (Wildman–Crippen LogP) is 1.43. The second kappa shape index (κ2) is 9.19. The van der Waals surface area contributed by atoms with Crippen molar-refractivity contribution in [2.24, 2.45) is 0 Å². The number of hydrogen-bond acceptors (Lipinski definition) is 4. The molecule has 1 aliphatic heterocycles. The molecule has 4 nitrogen and oxygen atoms in total. The van der Waals surface area contributed by atoms with E-state index in [9.17, 15) is 4.79 Å². The molecule has 0 aliphatic carbocycles. The molecule has 1 saturated heterocycles. The van der Waals surface area contributed by atoms with Gasteiger partial charge in [-0.3, -0.25) is 4.79 Å². The lowest BCUT2D eigenvalue weighted by molar-refractivity contribution is -0.138. The van der Waals surface area contributed by atoms with Gasteiger partial charge in [0.2, 0.25) is 0 Å². The van der Waals surface area contributed by atoms with E-state index in [0.29, 0.717) is 6.47 Å². The molecule has 0 bridgehead atoms. The van der Waals surface area contributed by atoms with Crippen molar-refractivity contribution in [2.75, 3.05) is 32.7 Å². The summed E-state index contributed by atoms with van der Waals surface area (Å²) >= 11 is 0. The first-order valence-corrected chi connectivity index (χ1v) is 6.15. The van der Waals surface area contributed by atoms with Crippen molar-refractivity contribution in [1.29, 1.82) is 0 Å². The standard InChI is InChI=1S/C8H16N2.C5H10O2/c1-2-3-6-10-7-4-9-5-8-10;1-5(2,3)7-4-6/h2,9H,1,3-8H2;4H,1-3H3. The van der Waals surface area contributed by atoms with Crippen molar-refractivity contribution < 1.29 is 9.53 Å². The molecule has 1 fully saturated rings. The lowest BCUT2D eigenvalue weighted by Gasteiger charge is -2.26. The van der Waals surface area contributed by atoms with Crippen LogP contribution in [-0.2, 0) is 9.53 Å². The number of piperazine rings is 1. The van der Waals surface area contributed by atoms with Crippen LogP contribution < -0.4 is 5.32 Å². The van der Waals surface area contributed by atoms with E-state index in [0.717, 1.165) is 19.5 Å². The van der Waals surface area contributed by atoms with Gasteiger partial charge in [-0.05, 0) is 27.2 Å². The minimum absolute atomic E-state index is 0.318. The molecule has 1 N–H and O–H groups in total. The summed E-state index contributed by atoms with van der Waals surface area (Å²) in [5.74, 6) is 0. The molecule has 0 atom stereocenters. The number of ether oxygens (including phenoxy) is 1. The molecule has 1 heterocycles. The van der Waals surface area contributed by atoms with E-state index >= 15 is 0 Å². The molecule has 0 aromatic rings. The fourth-order valence-corrected chi connectivity index (χ4v) is 1.35. The Bertz CT molecular complexity index is 206. The molecular formula is C13H26N2O2. The van der Waals surface area contributed by atoms with Gasteiger partial charge in [0.05, 0.1) is 0 Å². The Hall–Kier alpha value is -0.870. The molecule has 1 aliphatic rings. The van der Waals surface area contributed by atoms with E-state index in [4.69, 9.17) is 0 Å². The average molecular weight is 242 g/mol. The fourth-order valence-electron chi connectivity index (χ4n) is 1.35. The van der Waals surface area contributed by atoms with Crippen LogP contribution in [-0.4, -0.2) is 49.7 Å². The number of carbonyl (C=O) groups excluding carboxylic acids is 1. The quantitative estimate of drug-likeness (QED) is 0.598. The summed E-state index contributed by atoms with van der Waals surface area (Å²) in [5.41, 5.74) is -0.318. The molecule has 4 heteroatoms. The number of nitrogens with zero attached hydrogens (tertiary/aromatic N) is 1. The van der Waals surface area contributed by atoms with Crippen LogP contribution in [0.1, 0.15) is 27.2 Å². The van der Waals surface area contributed by atoms with Gasteiger partial charge in [0.25, 0.3) is 6.47 Å². The Labute approximate surface area is 105 Å². The number of hydrogen-bond donors (Lipinski definition) is 1. The fraction of sp³-hybridized carbons (Fsp3) is 0.769. The monoisotopic (exact) mass is 242 g/mol. The van der Waals surface area contributed by atoms with Crippen LogP contribution in [0.4, 0.5) is 0 Å². The third kappa shape index (κ3) is 11.4. The van der Waals surface area contributed by atoms with Gasteiger partial charge in [0.15, 0.2) is 0 Å². The number of nitrogens with one attached hydrogen (secondary N) is 1. The zero-order valence-corrected chi connectivity index (χ0v) is 11.4. The molecule has 0 aromatic carbocycles. The highest BCUT2D eigenvalue weighted by Crippen LogP contribution is 2.02. The normalized spacial score (nSPS) is 16.6. The van der Waals surface area contributed by atoms with Crippen LogP contribution in [0.5, 0.6) is 0 Å². The molecule has 0 amide bonds. The molecule has 17 heavy (non-hydrogen) atoms. The van der Waals surface area contributed by atoms with Gasteiger partial charge in [-0.1, -0.05) is 6.08 Å². The Morgan fingerprint density at radius 2 is 1.94 bits per heavy atom. The smallest absolute Gasteiger partial charge is 0.293 e. The van der Waals surface area contributed by atoms with Gasteiger partial charge in [-0.25, -0.2) is 0 Å². The van der Waals surface area contributed by atoms with Crippen LogP contribution >= 0.6 is 0 Å². The summed E-state index contributed by atoms with van der Waals surface area (Å²) in [5, 5.41) is 3.32. The second-order valence-corrected chi connectivity index (χ2v) is 5.00. The lowest BCUT2D eigenvalue weighted by Crippen LogP contribution is -2.43. The van der Waals surface area contributed by atoms with Gasteiger partial charge in [0.1, 0.15) is 5.60 Å². The molecule has 0 aromatic heterocycles. The summed E-state index contributed by atoms with van der Waals surface area (Å²) in [7, 11) is 0. The van der Waals surface area contributed by atoms with Crippen molar-refractivity contribution in [3.05, 3.63) is 12.7 Å². The first kappa shape index (κ1) is 16.1. The van der Waals surface area contributed by atoms with Crippen LogP contribution in [0, 0.1) is 0 Å². The van der Waals surface area contributed by atoms with E-state index in [1.165, 1.54) is 19.6 Å². The van der Waals surface area contributed by atoms with E-state index in [2.05, 4.69) is 21.5 Å². The summed E-state index contributed by atoms with van der Waals surface area (Å²) in [4.78, 5) is 12.1. The van der Waals surface area contributed by atoms with Crippen LogP contribution in [0.25, 0.3) is 0 Å². The molecule has 1 rings (SSSR count). The maximum Gasteiger partial charge on any atom is 0.293 e. The Kier molecular flexibility index (Phi) is 8.72. The predicted molar refractivity (Wildman–Crippen MR) is 71.0 cm³/mol. The topological polar surface area (TPSA) is 41.6 Å². The maximum absolute atomic E-state index is 9.60. The van der Waals surface area contributed by atoms with Gasteiger partial charge in [-0.2, -0.15) is 0 Å². The van der Waals surface area contributed by atoms with Crippen LogP contribution in [0.2, 0.25) is 0 Å². The molecule has 0 spiro atoms. The average Bonchev–Trinajstić information content (AvgIpc) is 2.27. The van der Waals surface area contributed by atoms with Crippen molar-refractivity contribution in [2.45, 2.75) is 32.8 Å². The minimum Gasteiger partial charge on any atom is -0.462 e. The Morgan fingerprint density at radius 1 is 1.35 bits per heavy atom. The first-order chi connectivity index (χ1) is 7.99. The second-order valence-electron chi connectivity index (χ2n) is 5.00. The maximum atomic E-state index is 9.60. The number of carbonyl (C=O) groups is 1. The van der Waals surface area contributed by atoms with Crippen LogP contribution in [0.15, 0.2) is 12.7 Å². The van der Waals surface area contributed by atoms with Gasteiger partial charge >= 0.3 is 0 Å². The molecule has 0 radical (unpaired) electrons. The van der Waals surface area contributed by atoms with Gasteiger partial charge in [0, 0.05) is 32.7 Å². The van der Waals surface area contributed by atoms with Gasteiger partial charge in [-0.15, -0.1) is 6.58 Å². The lowest BCUT2D eigenvalue weighted by atomic mass is 10.2. The highest BCUT2D eigenvalue weighted by atomic mass is 16.5. The van der Waals surface area contributed by atoms with E-state index in [1.54, 1.807) is 0 Å². The third-order valence-corrected chi connectivity index (χ3v) is 2.26. The molecular weight excluding hydrogens is 216 g/mol. The SMILES string of the molecule is C=CCCN1CCNCC1.CC(C)(C)OC=O. The van der Waals surface area contributed by atoms with E-state index in [1.807, 2.05) is 26.8 Å². The summed E-state index contributed by atoms with van der Waals surface area (Å²) in [6, 6.07) is 0. The zero-order chi connectivity index (χ0) is 13.1. The van der Waals surface area contributed by atoms with E-state index < -0.39 is 0 Å². The largest absolute Gasteiger partial charge is 0.462 e. The van der Waals surface area contributed by atoms with Crippen molar-refractivity contribution >= 4 is 6.47 Å². The van der Waals surface area contributed by atoms with Crippen molar-refractivity contribution in [3.63, 3.8) is 0 Å². The Morgan fingerprint density at radius 3 is 2.29 bits per heavy atom. The number of rotatable bonds is 4. The van der Waals surface area contributed by atoms with Gasteiger partial charge < -0.3 is 15.0 Å². The van der Waals surface area contributed by atoms with Crippen molar-refractivity contribution in [1.82, 2.24) is 10.2 Å². The zero-order valence-electron chi connectivity index (χ0n) is 11.4. The van der Waals surface area contributed by atoms with Crippen molar-refractivity contribution in [3.8, 4) is 0 Å². The highest BCUT2D eigenvalue weighted by molar-refractivity contribution is 5.37. The molecule has 0 saturated carbocycles. The summed E-state index contributed by atoms with van der Waals surface area (Å²) in [6.45, 7) is 15.5. The molecule has 0 unspecified atom stereocenters. The minimum atomic E-state index is -0.318. The highest BCUT2D eigenvalue weighted by Gasteiger charge is 2.07. The van der Waals surface area contributed by atoms with Crippen LogP contribution in [0.3, 0.4) is 0 Å².